The zero-order chi connectivity index (χ0) is 17.6. The molecule has 0 aromatic carbocycles. The van der Waals surface area contributed by atoms with E-state index in [1.807, 2.05) is 6.20 Å². The molecule has 136 valence electrons. The number of aryl methyl sites for hydroxylation is 1. The van der Waals surface area contributed by atoms with Crippen LogP contribution in [0.3, 0.4) is 0 Å². The number of hydrogen-bond donors (Lipinski definition) is 3. The van der Waals surface area contributed by atoms with Gasteiger partial charge in [0.15, 0.2) is 6.23 Å². The third-order valence-corrected chi connectivity index (χ3v) is 5.27. The van der Waals surface area contributed by atoms with E-state index in [0.717, 1.165) is 36.2 Å². The first kappa shape index (κ1) is 17.2. The first-order chi connectivity index (χ1) is 11.9. The van der Waals surface area contributed by atoms with Gasteiger partial charge in [0, 0.05) is 19.2 Å². The predicted molar refractivity (Wildman–Crippen MR) is 92.5 cm³/mol. The molecule has 2 aliphatic heterocycles. The van der Waals surface area contributed by atoms with Gasteiger partial charge in [-0.3, -0.25) is 4.52 Å². The average molecular weight is 388 g/mol. The first-order valence-electron chi connectivity index (χ1n) is 8.00. The van der Waals surface area contributed by atoms with E-state index in [9.17, 15) is 8.96 Å². The van der Waals surface area contributed by atoms with Crippen LogP contribution in [0.5, 0.6) is 0 Å². The molecule has 1 saturated heterocycles. The summed E-state index contributed by atoms with van der Waals surface area (Å²) in [6, 6.07) is 0. The van der Waals surface area contributed by atoms with E-state index < -0.39 is 25.3 Å². The molecule has 2 aromatic rings. The maximum absolute atomic E-state index is 14.6. The molecular weight excluding hydrogens is 370 g/mol. The smallest absolute Gasteiger partial charge is 0.369 e. The molecule has 0 amide bonds. The van der Waals surface area contributed by atoms with Crippen molar-refractivity contribution in [2.45, 2.75) is 37.8 Å². The molecule has 4 heterocycles. The Hall–Kier alpha value is -1.19. The van der Waals surface area contributed by atoms with Crippen molar-refractivity contribution in [1.82, 2.24) is 14.5 Å². The molecule has 11 heteroatoms. The number of rotatable bonds is 4. The van der Waals surface area contributed by atoms with Crippen LogP contribution in [-0.4, -0.2) is 44.9 Å². The zero-order valence-corrected chi connectivity index (χ0v) is 15.0. The largest absolute Gasteiger partial charge is 0.383 e. The first-order valence-corrected chi connectivity index (χ1v) is 10.7. The monoisotopic (exact) mass is 388 g/mol. The number of anilines is 1. The Labute approximate surface area is 148 Å². The van der Waals surface area contributed by atoms with Crippen LogP contribution < -0.4 is 5.32 Å². The van der Waals surface area contributed by atoms with E-state index in [1.54, 1.807) is 4.57 Å². The summed E-state index contributed by atoms with van der Waals surface area (Å²) in [6.45, 7) is -3.28. The number of halogens is 1. The number of alkyl halides is 1. The van der Waals surface area contributed by atoms with Crippen molar-refractivity contribution in [3.05, 3.63) is 18.1 Å². The molecule has 2 aromatic heterocycles. The van der Waals surface area contributed by atoms with Gasteiger partial charge in [0.25, 0.3) is 0 Å². The maximum Gasteiger partial charge on any atom is 0.383 e. The van der Waals surface area contributed by atoms with Gasteiger partial charge >= 0.3 is 6.80 Å². The summed E-state index contributed by atoms with van der Waals surface area (Å²) in [5.74, 6) is 0.751. The second-order valence-corrected chi connectivity index (χ2v) is 8.96. The SMILES string of the molecule is O=P(O)(S)OC[C@@H]1C[C@@H](F)[C@H](n2cc3c4c(ncnc42)NCCC3)O1. The molecule has 0 spiro atoms. The number of ether oxygens (including phenoxy) is 1. The summed E-state index contributed by atoms with van der Waals surface area (Å²) >= 11 is 3.45. The normalized spacial score (nSPS) is 28.5. The van der Waals surface area contributed by atoms with Gasteiger partial charge < -0.3 is 19.5 Å². The fourth-order valence-electron chi connectivity index (χ4n) is 3.40. The van der Waals surface area contributed by atoms with Crippen molar-refractivity contribution in [1.29, 1.82) is 0 Å². The average Bonchev–Trinajstić information content (AvgIpc) is 3.02. The lowest BCUT2D eigenvalue weighted by atomic mass is 10.1. The summed E-state index contributed by atoms with van der Waals surface area (Å²) in [5.41, 5.74) is 1.67. The predicted octanol–water partition coefficient (Wildman–Crippen LogP) is 2.46. The van der Waals surface area contributed by atoms with Crippen molar-refractivity contribution in [3.8, 4) is 0 Å². The minimum atomic E-state index is -3.92. The topological polar surface area (TPSA) is 98.5 Å². The van der Waals surface area contributed by atoms with Gasteiger partial charge in [0.1, 0.15) is 24.0 Å². The molecular formula is C14H18FN4O4PS. The lowest BCUT2D eigenvalue weighted by Gasteiger charge is -2.17. The van der Waals surface area contributed by atoms with Crippen LogP contribution >= 0.6 is 19.0 Å². The highest BCUT2D eigenvalue weighted by atomic mass is 32.7. The van der Waals surface area contributed by atoms with Crippen LogP contribution in [0, 0.1) is 0 Å². The Morgan fingerprint density at radius 1 is 1.56 bits per heavy atom. The van der Waals surface area contributed by atoms with E-state index in [2.05, 4.69) is 27.5 Å². The highest BCUT2D eigenvalue weighted by Crippen LogP contribution is 2.47. The quantitative estimate of drug-likeness (QED) is 0.547. The molecule has 25 heavy (non-hydrogen) atoms. The Kier molecular flexibility index (Phi) is 4.49. The Bertz CT molecular complexity index is 844. The van der Waals surface area contributed by atoms with Crippen molar-refractivity contribution in [2.24, 2.45) is 0 Å². The Balaban J connectivity index is 1.63. The van der Waals surface area contributed by atoms with Gasteiger partial charge in [-0.05, 0) is 18.4 Å². The standard InChI is InChI=1S/C14H18FN4O4PS/c15-10-4-9(6-22-24(20,21)25)23-14(10)19-5-8-2-1-3-16-12-11(8)13(19)18-7-17-12/h5,7,9-10,14H,1-4,6H2,(H,16,17,18)(H2,20,21,25)/t9-,10+,14+/m0/s1. The minimum absolute atomic E-state index is 0.0731. The Morgan fingerprint density at radius 3 is 3.20 bits per heavy atom. The molecule has 4 atom stereocenters. The number of nitrogens with zero attached hydrogens (tertiary/aromatic N) is 3. The van der Waals surface area contributed by atoms with E-state index >= 15 is 0 Å². The number of aromatic nitrogens is 3. The van der Waals surface area contributed by atoms with Crippen molar-refractivity contribution in [2.75, 3.05) is 18.5 Å². The van der Waals surface area contributed by atoms with E-state index in [4.69, 9.17) is 14.2 Å². The van der Waals surface area contributed by atoms with Crippen LogP contribution in [0.2, 0.25) is 0 Å². The molecule has 8 nitrogen and oxygen atoms in total. The van der Waals surface area contributed by atoms with Crippen LogP contribution in [0.1, 0.15) is 24.6 Å². The van der Waals surface area contributed by atoms with Gasteiger partial charge in [0.05, 0.1) is 18.1 Å². The van der Waals surface area contributed by atoms with Crippen molar-refractivity contribution < 1.29 is 23.1 Å². The molecule has 1 unspecified atom stereocenters. The molecule has 2 N–H and O–H groups in total. The molecule has 1 fully saturated rings. The van der Waals surface area contributed by atoms with E-state index in [1.165, 1.54) is 6.33 Å². The summed E-state index contributed by atoms with van der Waals surface area (Å²) in [5, 5.41) is 4.16. The molecule has 0 saturated carbocycles. The highest BCUT2D eigenvalue weighted by Gasteiger charge is 2.39. The Morgan fingerprint density at radius 2 is 2.40 bits per heavy atom. The van der Waals surface area contributed by atoms with Gasteiger partial charge in [0.2, 0.25) is 0 Å². The van der Waals surface area contributed by atoms with Gasteiger partial charge in [-0.25, -0.2) is 18.9 Å². The number of hydrogen-bond acceptors (Lipinski definition) is 6. The maximum atomic E-state index is 14.6. The van der Waals surface area contributed by atoms with Crippen LogP contribution in [0.4, 0.5) is 10.2 Å². The van der Waals surface area contributed by atoms with E-state index in [0.29, 0.717) is 5.65 Å². The van der Waals surface area contributed by atoms with Gasteiger partial charge in [-0.1, -0.05) is 12.2 Å². The lowest BCUT2D eigenvalue weighted by Crippen LogP contribution is -2.17. The second-order valence-electron chi connectivity index (χ2n) is 6.20. The van der Waals surface area contributed by atoms with Crippen molar-refractivity contribution in [3.63, 3.8) is 0 Å². The fourth-order valence-corrected chi connectivity index (χ4v) is 3.96. The minimum Gasteiger partial charge on any atom is -0.369 e. The van der Waals surface area contributed by atoms with E-state index in [-0.39, 0.29) is 13.0 Å². The highest BCUT2D eigenvalue weighted by molar-refractivity contribution is 8.44. The molecule has 0 aliphatic carbocycles. The summed E-state index contributed by atoms with van der Waals surface area (Å²) in [6.07, 6.45) is 2.43. The summed E-state index contributed by atoms with van der Waals surface area (Å²) in [4.78, 5) is 17.7. The van der Waals surface area contributed by atoms with Crippen LogP contribution in [0.15, 0.2) is 12.5 Å². The summed E-state index contributed by atoms with van der Waals surface area (Å²) < 4.78 is 37.8. The molecule has 0 bridgehead atoms. The fraction of sp³-hybridized carbons (Fsp3) is 0.571. The number of nitrogens with one attached hydrogen (secondary N) is 1. The lowest BCUT2D eigenvalue weighted by molar-refractivity contribution is -0.0316. The second kappa shape index (κ2) is 6.51. The third kappa shape index (κ3) is 3.41. The third-order valence-electron chi connectivity index (χ3n) is 4.44. The van der Waals surface area contributed by atoms with Gasteiger partial charge in [-0.2, -0.15) is 0 Å². The van der Waals surface area contributed by atoms with Gasteiger partial charge in [-0.15, -0.1) is 0 Å². The van der Waals surface area contributed by atoms with Crippen LogP contribution in [0.25, 0.3) is 11.0 Å². The zero-order valence-electron chi connectivity index (χ0n) is 13.2. The molecule has 4 rings (SSSR count). The van der Waals surface area contributed by atoms with Crippen molar-refractivity contribution >= 4 is 35.9 Å². The molecule has 0 radical (unpaired) electrons. The summed E-state index contributed by atoms with van der Waals surface area (Å²) in [7, 11) is 0. The van der Waals surface area contributed by atoms with Crippen LogP contribution in [-0.2, 0) is 20.2 Å². The molecule has 2 aliphatic rings. The number of thiol groups is 1.